The van der Waals surface area contributed by atoms with Gasteiger partial charge < -0.3 is 0 Å². The van der Waals surface area contributed by atoms with E-state index in [-0.39, 0.29) is 5.92 Å². The van der Waals surface area contributed by atoms with Crippen LogP contribution >= 0.6 is 11.3 Å². The van der Waals surface area contributed by atoms with Crippen molar-refractivity contribution in [2.45, 2.75) is 29.9 Å². The fraction of sp³-hybridized carbons (Fsp3) is 0.500. The van der Waals surface area contributed by atoms with Crippen molar-refractivity contribution in [1.29, 1.82) is 0 Å². The summed E-state index contributed by atoms with van der Waals surface area (Å²) in [7, 11) is -1.47. The monoisotopic (exact) mass is 325 g/mol. The van der Waals surface area contributed by atoms with Gasteiger partial charge in [0.05, 0.1) is 5.69 Å². The fourth-order valence-corrected chi connectivity index (χ4v) is 5.69. The molecule has 1 fully saturated rings. The van der Waals surface area contributed by atoms with Crippen LogP contribution in [0.1, 0.15) is 29.3 Å². The zero-order chi connectivity index (χ0) is 15.0. The van der Waals surface area contributed by atoms with Crippen molar-refractivity contribution in [3.63, 3.8) is 0 Å². The molecular weight excluding hydrogens is 306 g/mol. The maximum absolute atomic E-state index is 12.7. The van der Waals surface area contributed by atoms with Crippen molar-refractivity contribution < 1.29 is 8.42 Å². The Labute approximate surface area is 129 Å². The van der Waals surface area contributed by atoms with Crippen molar-refractivity contribution in [2.24, 2.45) is 7.05 Å². The molecule has 0 spiro atoms. The lowest BCUT2D eigenvalue weighted by atomic mass is 9.96. The van der Waals surface area contributed by atoms with Gasteiger partial charge in [-0.25, -0.2) is 8.42 Å². The molecule has 0 N–H and O–H groups in total. The summed E-state index contributed by atoms with van der Waals surface area (Å²) in [5.74, 6) is 0.191. The van der Waals surface area contributed by atoms with Crippen LogP contribution in [0.4, 0.5) is 0 Å². The molecule has 0 radical (unpaired) electrons. The van der Waals surface area contributed by atoms with E-state index >= 15 is 0 Å². The molecule has 0 unspecified atom stereocenters. The zero-order valence-corrected chi connectivity index (χ0v) is 13.8. The summed E-state index contributed by atoms with van der Waals surface area (Å²) in [6.07, 6.45) is 3.78. The first-order chi connectivity index (χ1) is 9.96. The number of rotatable bonds is 3. The molecule has 2 aromatic heterocycles. The topological polar surface area (TPSA) is 55.2 Å². The average Bonchev–Trinajstić information content (AvgIpc) is 3.08. The van der Waals surface area contributed by atoms with Gasteiger partial charge in [-0.1, -0.05) is 0 Å². The number of aryl methyl sites for hydroxylation is 2. The first-order valence-corrected chi connectivity index (χ1v) is 9.28. The van der Waals surface area contributed by atoms with E-state index in [0.717, 1.165) is 23.4 Å². The van der Waals surface area contributed by atoms with Gasteiger partial charge >= 0.3 is 0 Å². The molecule has 0 aromatic carbocycles. The molecule has 0 saturated carbocycles. The summed E-state index contributed by atoms with van der Waals surface area (Å²) in [6.45, 7) is 3.05. The predicted molar refractivity (Wildman–Crippen MR) is 83.0 cm³/mol. The summed E-state index contributed by atoms with van der Waals surface area (Å²) < 4.78 is 29.2. The first-order valence-electron chi connectivity index (χ1n) is 7.03. The summed E-state index contributed by atoms with van der Waals surface area (Å²) in [5.41, 5.74) is 0.986. The molecule has 1 aliphatic rings. The van der Waals surface area contributed by atoms with E-state index in [9.17, 15) is 8.42 Å². The van der Waals surface area contributed by atoms with Gasteiger partial charge in [0.25, 0.3) is 10.0 Å². The van der Waals surface area contributed by atoms with Gasteiger partial charge in [0, 0.05) is 37.1 Å². The van der Waals surface area contributed by atoms with Gasteiger partial charge in [-0.15, -0.1) is 11.3 Å². The van der Waals surface area contributed by atoms with Crippen molar-refractivity contribution in [3.05, 3.63) is 35.0 Å². The maximum Gasteiger partial charge on any atom is 0.252 e. The van der Waals surface area contributed by atoms with Crippen molar-refractivity contribution >= 4 is 21.4 Å². The number of piperidine rings is 1. The highest BCUT2D eigenvalue weighted by molar-refractivity contribution is 7.91. The molecule has 0 amide bonds. The normalized spacial score (nSPS) is 20.8. The second kappa shape index (κ2) is 5.55. The minimum absolute atomic E-state index is 0.191. The quantitative estimate of drug-likeness (QED) is 0.870. The zero-order valence-electron chi connectivity index (χ0n) is 12.2. The van der Waals surface area contributed by atoms with Crippen LogP contribution < -0.4 is 0 Å². The third-order valence-corrected chi connectivity index (χ3v) is 7.18. The highest BCUT2D eigenvalue weighted by Gasteiger charge is 2.32. The van der Waals surface area contributed by atoms with Gasteiger partial charge in [-0.05, 0) is 38.0 Å². The number of sulfonamides is 1. The lowest BCUT2D eigenvalue weighted by Crippen LogP contribution is -2.38. The molecule has 1 atom stereocenters. The third-order valence-electron chi connectivity index (χ3n) is 3.85. The Morgan fingerprint density at radius 2 is 2.14 bits per heavy atom. The third kappa shape index (κ3) is 2.90. The summed E-state index contributed by atoms with van der Waals surface area (Å²) >= 11 is 1.34. The minimum Gasteiger partial charge on any atom is -0.276 e. The van der Waals surface area contributed by atoms with Gasteiger partial charge in [0.2, 0.25) is 0 Å². The molecule has 3 rings (SSSR count). The van der Waals surface area contributed by atoms with Crippen LogP contribution in [0.3, 0.4) is 0 Å². The highest BCUT2D eigenvalue weighted by atomic mass is 32.2. The van der Waals surface area contributed by atoms with Crippen LogP contribution in [-0.4, -0.2) is 35.6 Å². The molecular formula is C14H19N3O2S2. The molecule has 5 nitrogen and oxygen atoms in total. The lowest BCUT2D eigenvalue weighted by molar-refractivity contribution is 0.312. The van der Waals surface area contributed by atoms with Crippen LogP contribution in [0.5, 0.6) is 0 Å². The van der Waals surface area contributed by atoms with Crippen LogP contribution in [0.15, 0.2) is 28.6 Å². The number of thiophene rings is 1. The van der Waals surface area contributed by atoms with E-state index in [2.05, 4.69) is 5.10 Å². The second-order valence-electron chi connectivity index (χ2n) is 5.48. The summed E-state index contributed by atoms with van der Waals surface area (Å²) in [6, 6.07) is 5.55. The minimum atomic E-state index is -3.36. The fourth-order valence-electron chi connectivity index (χ4n) is 2.73. The Bertz CT molecular complexity index is 733. The summed E-state index contributed by atoms with van der Waals surface area (Å²) in [5, 5.41) is 4.43. The Balaban J connectivity index is 1.83. The first kappa shape index (κ1) is 14.7. The molecule has 1 saturated heterocycles. The van der Waals surface area contributed by atoms with E-state index in [1.807, 2.05) is 32.3 Å². The molecule has 21 heavy (non-hydrogen) atoms. The van der Waals surface area contributed by atoms with E-state index in [0.29, 0.717) is 17.3 Å². The number of aromatic nitrogens is 2. The molecule has 2 aromatic rings. The standard InChI is InChI=1S/C14H19N3O2S2/c1-11-5-6-14(20-11)21(18,19)17-8-3-4-12(10-17)13-7-9-16(2)15-13/h5-7,9,12H,3-4,8,10H2,1-2H3/t12-/m1/s1. The van der Waals surface area contributed by atoms with Crippen LogP contribution in [0, 0.1) is 6.92 Å². The number of hydrogen-bond donors (Lipinski definition) is 0. The van der Waals surface area contributed by atoms with Crippen LogP contribution in [-0.2, 0) is 17.1 Å². The molecule has 114 valence electrons. The van der Waals surface area contributed by atoms with E-state index < -0.39 is 10.0 Å². The number of hydrogen-bond acceptors (Lipinski definition) is 4. The van der Waals surface area contributed by atoms with Gasteiger partial charge in [-0.2, -0.15) is 9.40 Å². The maximum atomic E-state index is 12.7. The van der Waals surface area contributed by atoms with E-state index in [1.165, 1.54) is 11.3 Å². The second-order valence-corrected chi connectivity index (χ2v) is 8.93. The van der Waals surface area contributed by atoms with Gasteiger partial charge in [0.15, 0.2) is 0 Å². The van der Waals surface area contributed by atoms with Crippen LogP contribution in [0.25, 0.3) is 0 Å². The Morgan fingerprint density at radius 3 is 2.76 bits per heavy atom. The van der Waals surface area contributed by atoms with Crippen molar-refractivity contribution in [1.82, 2.24) is 14.1 Å². The highest BCUT2D eigenvalue weighted by Crippen LogP contribution is 2.31. The SMILES string of the molecule is Cc1ccc(S(=O)(=O)N2CCC[C@@H](c3ccn(C)n3)C2)s1. The smallest absolute Gasteiger partial charge is 0.252 e. The number of nitrogens with zero attached hydrogens (tertiary/aromatic N) is 3. The van der Waals surface area contributed by atoms with Gasteiger partial charge in [0.1, 0.15) is 4.21 Å². The molecule has 7 heteroatoms. The largest absolute Gasteiger partial charge is 0.276 e. The Kier molecular flexibility index (Phi) is 3.90. The van der Waals surface area contributed by atoms with Gasteiger partial charge in [-0.3, -0.25) is 4.68 Å². The molecule has 3 heterocycles. The van der Waals surface area contributed by atoms with Crippen LogP contribution in [0.2, 0.25) is 0 Å². The molecule has 0 aliphatic carbocycles. The van der Waals surface area contributed by atoms with Crippen molar-refractivity contribution in [2.75, 3.05) is 13.1 Å². The van der Waals surface area contributed by atoms with E-state index in [1.54, 1.807) is 15.1 Å². The predicted octanol–water partition coefficient (Wildman–Crippen LogP) is 2.36. The van der Waals surface area contributed by atoms with E-state index in [4.69, 9.17) is 0 Å². The summed E-state index contributed by atoms with van der Waals surface area (Å²) in [4.78, 5) is 1.02. The Morgan fingerprint density at radius 1 is 1.33 bits per heavy atom. The average molecular weight is 325 g/mol. The lowest BCUT2D eigenvalue weighted by Gasteiger charge is -2.30. The Hall–Kier alpha value is -1.18. The molecule has 1 aliphatic heterocycles. The molecule has 0 bridgehead atoms. The van der Waals surface area contributed by atoms with Crippen molar-refractivity contribution in [3.8, 4) is 0 Å².